The number of nitrogens with zero attached hydrogens (tertiary/aromatic N) is 1. The van der Waals surface area contributed by atoms with Crippen molar-refractivity contribution in [2.24, 2.45) is 0 Å². The summed E-state index contributed by atoms with van der Waals surface area (Å²) in [5.41, 5.74) is 1.47. The van der Waals surface area contributed by atoms with Gasteiger partial charge in [-0.1, -0.05) is 22.0 Å². The van der Waals surface area contributed by atoms with Crippen molar-refractivity contribution < 1.29 is 22.4 Å². The minimum absolute atomic E-state index is 0.00563. The summed E-state index contributed by atoms with van der Waals surface area (Å²) in [7, 11) is 0. The van der Waals surface area contributed by atoms with Crippen LogP contribution in [0.4, 0.5) is 18.9 Å². The molecule has 2 aromatic carbocycles. The van der Waals surface area contributed by atoms with Gasteiger partial charge in [0, 0.05) is 15.7 Å². The molecule has 8 heteroatoms. The molecule has 1 aromatic heterocycles. The molecule has 3 aromatic rings. The molecule has 0 atom stereocenters. The predicted octanol–water partition coefficient (Wildman–Crippen LogP) is 4.76. The highest BCUT2D eigenvalue weighted by atomic mass is 79.9. The van der Waals surface area contributed by atoms with Gasteiger partial charge in [-0.3, -0.25) is 4.79 Å². The fourth-order valence-corrected chi connectivity index (χ4v) is 2.35. The van der Waals surface area contributed by atoms with Crippen molar-refractivity contribution in [1.29, 1.82) is 0 Å². The maximum atomic E-state index is 12.3. The van der Waals surface area contributed by atoms with Crippen molar-refractivity contribution in [2.75, 3.05) is 5.32 Å². The van der Waals surface area contributed by atoms with Gasteiger partial charge in [0.15, 0.2) is 5.58 Å². The SMILES string of the molecule is O=C(Nc1ccc2oc(-c3cccc(Br)c3)nc2c1)C(F)(F)F. The molecule has 0 fully saturated rings. The average Bonchev–Trinajstić information content (AvgIpc) is 2.89. The van der Waals surface area contributed by atoms with Crippen molar-refractivity contribution in [1.82, 2.24) is 4.98 Å². The second-order valence-electron chi connectivity index (χ2n) is 4.66. The quantitative estimate of drug-likeness (QED) is 0.692. The minimum Gasteiger partial charge on any atom is -0.436 e. The number of anilines is 1. The van der Waals surface area contributed by atoms with Gasteiger partial charge in [0.2, 0.25) is 5.89 Å². The number of aromatic nitrogens is 1. The fraction of sp³-hybridized carbons (Fsp3) is 0.0667. The van der Waals surface area contributed by atoms with E-state index >= 15 is 0 Å². The Labute approximate surface area is 136 Å². The van der Waals surface area contributed by atoms with E-state index in [1.165, 1.54) is 18.2 Å². The van der Waals surface area contributed by atoms with E-state index in [-0.39, 0.29) is 5.69 Å². The lowest BCUT2D eigenvalue weighted by molar-refractivity contribution is -0.167. The maximum absolute atomic E-state index is 12.3. The third kappa shape index (κ3) is 3.37. The van der Waals surface area contributed by atoms with Gasteiger partial charge < -0.3 is 9.73 Å². The lowest BCUT2D eigenvalue weighted by Gasteiger charge is -2.07. The Morgan fingerprint density at radius 3 is 2.65 bits per heavy atom. The van der Waals surface area contributed by atoms with E-state index in [1.807, 2.05) is 12.1 Å². The molecule has 118 valence electrons. The second-order valence-corrected chi connectivity index (χ2v) is 5.58. The highest BCUT2D eigenvalue weighted by molar-refractivity contribution is 9.10. The summed E-state index contributed by atoms with van der Waals surface area (Å²) in [6, 6.07) is 11.3. The summed E-state index contributed by atoms with van der Waals surface area (Å²) in [5, 5.41) is 1.78. The summed E-state index contributed by atoms with van der Waals surface area (Å²) in [4.78, 5) is 15.2. The molecule has 0 aliphatic carbocycles. The lowest BCUT2D eigenvalue weighted by Crippen LogP contribution is -2.29. The molecule has 4 nitrogen and oxygen atoms in total. The Hall–Kier alpha value is -2.35. The molecule has 1 heterocycles. The minimum atomic E-state index is -4.94. The van der Waals surface area contributed by atoms with Crippen LogP contribution in [-0.4, -0.2) is 17.1 Å². The molecule has 1 amide bonds. The highest BCUT2D eigenvalue weighted by Gasteiger charge is 2.38. The molecular formula is C15H8BrF3N2O2. The topological polar surface area (TPSA) is 55.1 Å². The molecule has 0 aliphatic heterocycles. The van der Waals surface area contributed by atoms with Crippen LogP contribution in [0, 0.1) is 0 Å². The van der Waals surface area contributed by atoms with Gasteiger partial charge in [-0.05, 0) is 36.4 Å². The number of oxazole rings is 1. The lowest BCUT2D eigenvalue weighted by atomic mass is 10.2. The molecule has 0 saturated heterocycles. The van der Waals surface area contributed by atoms with E-state index in [9.17, 15) is 18.0 Å². The highest BCUT2D eigenvalue weighted by Crippen LogP contribution is 2.28. The Bertz CT molecular complexity index is 890. The van der Waals surface area contributed by atoms with Crippen LogP contribution in [-0.2, 0) is 4.79 Å². The number of hydrogen-bond acceptors (Lipinski definition) is 3. The van der Waals surface area contributed by atoms with Crippen LogP contribution in [0.2, 0.25) is 0 Å². The third-order valence-electron chi connectivity index (χ3n) is 2.97. The molecule has 23 heavy (non-hydrogen) atoms. The van der Waals surface area contributed by atoms with Crippen LogP contribution in [0.15, 0.2) is 51.4 Å². The van der Waals surface area contributed by atoms with Crippen molar-refractivity contribution in [3.8, 4) is 11.5 Å². The first-order valence-electron chi connectivity index (χ1n) is 6.37. The van der Waals surface area contributed by atoms with E-state index < -0.39 is 12.1 Å². The zero-order valence-electron chi connectivity index (χ0n) is 11.3. The Morgan fingerprint density at radius 1 is 1.17 bits per heavy atom. The predicted molar refractivity (Wildman–Crippen MR) is 81.8 cm³/mol. The van der Waals surface area contributed by atoms with E-state index in [2.05, 4.69) is 20.9 Å². The zero-order chi connectivity index (χ0) is 16.6. The summed E-state index contributed by atoms with van der Waals surface area (Å²) >= 11 is 3.34. The zero-order valence-corrected chi connectivity index (χ0v) is 12.9. The van der Waals surface area contributed by atoms with Crippen LogP contribution >= 0.6 is 15.9 Å². The smallest absolute Gasteiger partial charge is 0.436 e. The molecule has 0 unspecified atom stereocenters. The summed E-state index contributed by atoms with van der Waals surface area (Å²) < 4.78 is 43.2. The van der Waals surface area contributed by atoms with Crippen molar-refractivity contribution in [2.45, 2.75) is 6.18 Å². The largest absolute Gasteiger partial charge is 0.471 e. The van der Waals surface area contributed by atoms with Crippen LogP contribution < -0.4 is 5.32 Å². The number of hydrogen-bond donors (Lipinski definition) is 1. The summed E-state index contributed by atoms with van der Waals surface area (Å²) in [6.07, 6.45) is -4.94. The Morgan fingerprint density at radius 2 is 1.96 bits per heavy atom. The number of carbonyl (C=O) groups excluding carboxylic acids is 1. The number of amides is 1. The fourth-order valence-electron chi connectivity index (χ4n) is 1.95. The number of carbonyl (C=O) groups is 1. The molecule has 1 N–H and O–H groups in total. The second kappa shape index (κ2) is 5.69. The number of halogens is 4. The van der Waals surface area contributed by atoms with E-state index in [4.69, 9.17) is 4.42 Å². The number of rotatable bonds is 2. The Kier molecular flexibility index (Phi) is 3.85. The van der Waals surface area contributed by atoms with Crippen molar-refractivity contribution in [3.63, 3.8) is 0 Å². The summed E-state index contributed by atoms with van der Waals surface area (Å²) in [5.74, 6) is -1.70. The van der Waals surface area contributed by atoms with Gasteiger partial charge >= 0.3 is 12.1 Å². The van der Waals surface area contributed by atoms with Crippen molar-refractivity contribution >= 4 is 38.6 Å². The van der Waals surface area contributed by atoms with E-state index in [0.717, 1.165) is 10.0 Å². The molecule has 0 radical (unpaired) electrons. The molecule has 0 spiro atoms. The number of alkyl halides is 3. The molecule has 0 bridgehead atoms. The first-order valence-corrected chi connectivity index (χ1v) is 7.17. The molecular weight excluding hydrogens is 377 g/mol. The molecule has 0 aliphatic rings. The summed E-state index contributed by atoms with van der Waals surface area (Å²) in [6.45, 7) is 0. The van der Waals surface area contributed by atoms with Crippen LogP contribution in [0.3, 0.4) is 0 Å². The average molecular weight is 385 g/mol. The number of fused-ring (bicyclic) bond motifs is 1. The third-order valence-corrected chi connectivity index (χ3v) is 3.47. The van der Waals surface area contributed by atoms with Crippen molar-refractivity contribution in [3.05, 3.63) is 46.9 Å². The van der Waals surface area contributed by atoms with E-state index in [1.54, 1.807) is 17.4 Å². The first-order chi connectivity index (χ1) is 10.8. The van der Waals surface area contributed by atoms with Gasteiger partial charge in [-0.25, -0.2) is 4.98 Å². The number of nitrogens with one attached hydrogen (secondary N) is 1. The van der Waals surface area contributed by atoms with Crippen LogP contribution in [0.5, 0.6) is 0 Å². The first kappa shape index (κ1) is 15.5. The van der Waals surface area contributed by atoms with Gasteiger partial charge in [-0.15, -0.1) is 0 Å². The normalized spacial score (nSPS) is 11.7. The van der Waals surface area contributed by atoms with Gasteiger partial charge in [-0.2, -0.15) is 13.2 Å². The maximum Gasteiger partial charge on any atom is 0.471 e. The standard InChI is InChI=1S/C15H8BrF3N2O2/c16-9-3-1-2-8(6-9)13-21-11-7-10(4-5-12(11)23-13)20-14(22)15(17,18)19/h1-7H,(H,20,22). The molecule has 3 rings (SSSR count). The van der Waals surface area contributed by atoms with Gasteiger partial charge in [0.25, 0.3) is 0 Å². The Balaban J connectivity index is 1.94. The van der Waals surface area contributed by atoms with E-state index in [0.29, 0.717) is 17.0 Å². The van der Waals surface area contributed by atoms with Crippen LogP contribution in [0.1, 0.15) is 0 Å². The van der Waals surface area contributed by atoms with Crippen LogP contribution in [0.25, 0.3) is 22.6 Å². The monoisotopic (exact) mass is 384 g/mol. The van der Waals surface area contributed by atoms with Gasteiger partial charge in [0.1, 0.15) is 5.52 Å². The number of benzene rings is 2. The van der Waals surface area contributed by atoms with Gasteiger partial charge in [0.05, 0.1) is 0 Å². The molecule has 0 saturated carbocycles.